The van der Waals surface area contributed by atoms with Crippen LogP contribution in [0.3, 0.4) is 0 Å². The number of hydrogen-bond donors (Lipinski definition) is 0. The van der Waals surface area contributed by atoms with Crippen molar-refractivity contribution in [2.75, 3.05) is 0 Å². The molecule has 2 atom stereocenters. The normalized spacial score (nSPS) is 15.0. The summed E-state index contributed by atoms with van der Waals surface area (Å²) in [4.78, 5) is 12.9. The lowest BCUT2D eigenvalue weighted by Gasteiger charge is -2.38. The minimum absolute atomic E-state index is 0.0939. The molecule has 2 nitrogen and oxygen atoms in total. The topological polar surface area (TPSA) is 26.3 Å². The predicted octanol–water partition coefficient (Wildman–Crippen LogP) is 3.35. The second-order valence-corrected chi connectivity index (χ2v) is 5.96. The third-order valence-electron chi connectivity index (χ3n) is 4.60. The first-order valence-electron chi connectivity index (χ1n) is 7.89. The maximum absolute atomic E-state index is 12.9. The van der Waals surface area contributed by atoms with Crippen molar-refractivity contribution in [1.29, 1.82) is 0 Å². The fourth-order valence-electron chi connectivity index (χ4n) is 3.53. The van der Waals surface area contributed by atoms with Gasteiger partial charge in [0.25, 0.3) is 0 Å². The summed E-state index contributed by atoms with van der Waals surface area (Å²) in [6.45, 7) is 4.22. The highest BCUT2D eigenvalue weighted by Gasteiger charge is 2.46. The minimum atomic E-state index is -0.612. The molecule has 0 amide bonds. The lowest BCUT2D eigenvalue weighted by Crippen LogP contribution is -2.42. The van der Waals surface area contributed by atoms with Gasteiger partial charge in [-0.15, -0.1) is 0 Å². The highest BCUT2D eigenvalue weighted by atomic mass is 28.2. The van der Waals surface area contributed by atoms with Crippen molar-refractivity contribution < 1.29 is 9.22 Å². The van der Waals surface area contributed by atoms with E-state index in [-0.39, 0.29) is 11.9 Å². The molecular formula is C19H24O2Si. The summed E-state index contributed by atoms with van der Waals surface area (Å²) < 4.78 is 5.37. The quantitative estimate of drug-likeness (QED) is 0.765. The van der Waals surface area contributed by atoms with Crippen LogP contribution in [0.2, 0.25) is 0 Å². The maximum atomic E-state index is 12.9. The van der Waals surface area contributed by atoms with Gasteiger partial charge < -0.3 is 4.43 Å². The van der Waals surface area contributed by atoms with Gasteiger partial charge in [-0.1, -0.05) is 74.5 Å². The van der Waals surface area contributed by atoms with E-state index in [9.17, 15) is 4.79 Å². The van der Waals surface area contributed by atoms with E-state index in [2.05, 4.69) is 26.0 Å². The zero-order valence-corrected chi connectivity index (χ0v) is 15.6. The Hall–Kier alpha value is -1.87. The SMILES string of the molecule is CCC(c1ccccc1)C(CC)(C(=O)O[SiH3])c1ccccc1. The highest BCUT2D eigenvalue weighted by Crippen LogP contribution is 2.44. The van der Waals surface area contributed by atoms with Crippen LogP contribution in [0, 0.1) is 0 Å². The number of carbonyl (C=O) groups excluding carboxylic acids is 1. The zero-order valence-electron chi connectivity index (χ0n) is 13.6. The fourth-order valence-corrected chi connectivity index (χ4v) is 3.89. The summed E-state index contributed by atoms with van der Waals surface area (Å²) in [6, 6.07) is 20.4. The average Bonchev–Trinajstić information content (AvgIpc) is 2.60. The summed E-state index contributed by atoms with van der Waals surface area (Å²) in [7, 11) is 0.421. The molecule has 0 radical (unpaired) electrons. The van der Waals surface area contributed by atoms with Gasteiger partial charge in [0.1, 0.15) is 0 Å². The number of carbonyl (C=O) groups is 1. The van der Waals surface area contributed by atoms with Gasteiger partial charge in [0, 0.05) is 5.92 Å². The molecule has 0 fully saturated rings. The molecule has 0 aliphatic rings. The van der Waals surface area contributed by atoms with Crippen LogP contribution in [0.1, 0.15) is 43.7 Å². The molecule has 0 N–H and O–H groups in total. The molecule has 0 saturated heterocycles. The molecule has 0 spiro atoms. The van der Waals surface area contributed by atoms with Gasteiger partial charge in [-0.3, -0.25) is 4.79 Å². The molecular weight excluding hydrogens is 288 g/mol. The van der Waals surface area contributed by atoms with Crippen LogP contribution in [0.25, 0.3) is 0 Å². The van der Waals surface area contributed by atoms with E-state index in [4.69, 9.17) is 4.43 Å². The number of benzene rings is 2. The molecule has 2 rings (SSSR count). The van der Waals surface area contributed by atoms with Gasteiger partial charge in [-0.2, -0.15) is 0 Å². The van der Waals surface area contributed by atoms with Gasteiger partial charge in [-0.05, 0) is 24.0 Å². The second-order valence-electron chi connectivity index (χ2n) is 5.55. The number of rotatable bonds is 6. The molecule has 2 aromatic rings. The van der Waals surface area contributed by atoms with Gasteiger partial charge >= 0.3 is 5.97 Å². The average molecular weight is 312 g/mol. The summed E-state index contributed by atoms with van der Waals surface area (Å²) >= 11 is 0. The Bertz CT molecular complexity index is 597. The Morgan fingerprint density at radius 2 is 1.59 bits per heavy atom. The van der Waals surface area contributed by atoms with E-state index < -0.39 is 5.41 Å². The Morgan fingerprint density at radius 1 is 1.05 bits per heavy atom. The molecule has 0 aromatic heterocycles. The van der Waals surface area contributed by atoms with Gasteiger partial charge in [0.2, 0.25) is 10.5 Å². The number of hydrogen-bond acceptors (Lipinski definition) is 2. The molecule has 116 valence electrons. The molecule has 0 heterocycles. The summed E-state index contributed by atoms with van der Waals surface area (Å²) in [6.07, 6.45) is 1.62. The minimum Gasteiger partial charge on any atom is -0.528 e. The molecule has 0 aliphatic carbocycles. The van der Waals surface area contributed by atoms with E-state index in [1.54, 1.807) is 0 Å². The Kier molecular flexibility index (Phi) is 5.55. The fraction of sp³-hybridized carbons (Fsp3) is 0.316. The van der Waals surface area contributed by atoms with E-state index in [1.807, 2.05) is 48.5 Å². The van der Waals surface area contributed by atoms with Crippen LogP contribution in [0.4, 0.5) is 0 Å². The van der Waals surface area contributed by atoms with E-state index >= 15 is 0 Å². The van der Waals surface area contributed by atoms with Crippen LogP contribution >= 0.6 is 0 Å². The van der Waals surface area contributed by atoms with Crippen LogP contribution in [-0.4, -0.2) is 16.5 Å². The Labute approximate surface area is 136 Å². The van der Waals surface area contributed by atoms with Crippen LogP contribution in [0.5, 0.6) is 0 Å². The van der Waals surface area contributed by atoms with Crippen molar-refractivity contribution in [2.45, 2.75) is 38.0 Å². The molecule has 2 unspecified atom stereocenters. The van der Waals surface area contributed by atoms with E-state index in [0.717, 1.165) is 18.4 Å². The molecule has 0 saturated carbocycles. The van der Waals surface area contributed by atoms with Crippen LogP contribution < -0.4 is 0 Å². The standard InChI is InChI=1S/C19H24O2Si/c1-3-17(15-11-7-5-8-12-15)19(4-2,18(20)21-22)16-13-9-6-10-14-16/h5-14,17H,3-4H2,1-2,22H3. The van der Waals surface area contributed by atoms with Crippen LogP contribution in [0.15, 0.2) is 60.7 Å². The monoisotopic (exact) mass is 312 g/mol. The van der Waals surface area contributed by atoms with Crippen molar-refractivity contribution in [1.82, 2.24) is 0 Å². The maximum Gasteiger partial charge on any atom is 0.303 e. The smallest absolute Gasteiger partial charge is 0.303 e. The van der Waals surface area contributed by atoms with E-state index in [1.165, 1.54) is 5.56 Å². The van der Waals surface area contributed by atoms with Crippen LogP contribution in [-0.2, 0) is 14.6 Å². The molecule has 0 bridgehead atoms. The lowest BCUT2D eigenvalue weighted by atomic mass is 9.65. The highest BCUT2D eigenvalue weighted by molar-refractivity contribution is 6.07. The van der Waals surface area contributed by atoms with Gasteiger partial charge in [0.15, 0.2) is 0 Å². The summed E-state index contributed by atoms with van der Waals surface area (Å²) in [5.41, 5.74) is 1.64. The van der Waals surface area contributed by atoms with Gasteiger partial charge in [0.05, 0.1) is 5.41 Å². The zero-order chi connectivity index (χ0) is 16.0. The van der Waals surface area contributed by atoms with Crippen molar-refractivity contribution in [3.05, 3.63) is 71.8 Å². The van der Waals surface area contributed by atoms with Crippen molar-refractivity contribution in [2.24, 2.45) is 0 Å². The molecule has 3 heteroatoms. The summed E-state index contributed by atoms with van der Waals surface area (Å²) in [5.74, 6) is 0.0196. The summed E-state index contributed by atoms with van der Waals surface area (Å²) in [5, 5.41) is 0. The lowest BCUT2D eigenvalue weighted by molar-refractivity contribution is -0.142. The predicted molar refractivity (Wildman–Crippen MR) is 93.9 cm³/mol. The van der Waals surface area contributed by atoms with Gasteiger partial charge in [-0.25, -0.2) is 0 Å². The van der Waals surface area contributed by atoms with Crippen molar-refractivity contribution in [3.63, 3.8) is 0 Å². The second kappa shape index (κ2) is 7.41. The van der Waals surface area contributed by atoms with Crippen molar-refractivity contribution >= 4 is 16.5 Å². The van der Waals surface area contributed by atoms with Crippen molar-refractivity contribution in [3.8, 4) is 0 Å². The van der Waals surface area contributed by atoms with E-state index in [0.29, 0.717) is 10.5 Å². The Morgan fingerprint density at radius 3 is 2.05 bits per heavy atom. The molecule has 0 aliphatic heterocycles. The molecule has 2 aromatic carbocycles. The third kappa shape index (κ3) is 2.86. The largest absolute Gasteiger partial charge is 0.528 e. The first-order chi connectivity index (χ1) is 10.7. The Balaban J connectivity index is 2.64. The first kappa shape index (κ1) is 16.5. The third-order valence-corrected chi connectivity index (χ3v) is 4.97. The molecule has 22 heavy (non-hydrogen) atoms. The first-order valence-corrected chi connectivity index (χ1v) is 8.71.